The van der Waals surface area contributed by atoms with Gasteiger partial charge in [-0.15, -0.1) is 0 Å². The van der Waals surface area contributed by atoms with Crippen LogP contribution in [-0.2, 0) is 38.9 Å². The summed E-state index contributed by atoms with van der Waals surface area (Å²) >= 11 is 0. The fourth-order valence-corrected chi connectivity index (χ4v) is 10.7. The van der Waals surface area contributed by atoms with Gasteiger partial charge >= 0.3 is 0 Å². The van der Waals surface area contributed by atoms with Gasteiger partial charge in [-0.1, -0.05) is 72.3 Å². The summed E-state index contributed by atoms with van der Waals surface area (Å²) in [7, 11) is 0. The minimum absolute atomic E-state index is 0.0891. The molecule has 4 saturated heterocycles. The van der Waals surface area contributed by atoms with E-state index in [1.165, 1.54) is 11.1 Å². The number of piperidine rings is 2. The van der Waals surface area contributed by atoms with Gasteiger partial charge in [0, 0.05) is 51.4 Å². The van der Waals surface area contributed by atoms with E-state index < -0.39 is 29.6 Å². The second kappa shape index (κ2) is 14.1. The standard InChI is InChI=1S/C43H48N4O6/c48-26-31-11-14-36(53-31)38-32-12-13-33-37(42(51)46(40(33)49)29-15-19-44(20-16-29)24-27-7-3-1-4-8-27)34(32)23-35-39(38)43(52)47(41(35)50)30-17-21-45(22-18-30)25-28-9-5-2-6-10-28/h1-12,14,29-30,33-35,37-39,48H,13,15-26H2. The number of nitrogens with zero attached hydrogens (tertiary/aromatic N) is 4. The summed E-state index contributed by atoms with van der Waals surface area (Å²) < 4.78 is 6.15. The second-order valence-electron chi connectivity index (χ2n) is 16.1. The molecular formula is C43H48N4O6. The maximum absolute atomic E-state index is 14.5. The molecule has 0 bridgehead atoms. The highest BCUT2D eigenvalue weighted by molar-refractivity contribution is 6.08. The number of furan rings is 1. The molecule has 6 aliphatic rings. The van der Waals surface area contributed by atoms with Crippen LogP contribution < -0.4 is 0 Å². The first-order valence-corrected chi connectivity index (χ1v) is 19.6. The summed E-state index contributed by atoms with van der Waals surface area (Å²) in [6, 6.07) is 23.9. The van der Waals surface area contributed by atoms with Crippen LogP contribution in [0.2, 0.25) is 0 Å². The largest absolute Gasteiger partial charge is 0.463 e. The van der Waals surface area contributed by atoms with Gasteiger partial charge < -0.3 is 9.52 Å². The van der Waals surface area contributed by atoms with Crippen molar-refractivity contribution in [1.29, 1.82) is 0 Å². The molecule has 4 amide bonds. The number of likely N-dealkylation sites (tertiary alicyclic amines) is 4. The number of aliphatic hydroxyl groups is 1. The van der Waals surface area contributed by atoms with Crippen LogP contribution in [0.5, 0.6) is 0 Å². The van der Waals surface area contributed by atoms with Gasteiger partial charge in [0.25, 0.3) is 0 Å². The van der Waals surface area contributed by atoms with Crippen LogP contribution in [0.15, 0.2) is 88.9 Å². The smallest absolute Gasteiger partial charge is 0.234 e. The number of hydrogen-bond donors (Lipinski definition) is 1. The molecule has 4 aliphatic heterocycles. The molecule has 10 heteroatoms. The fourth-order valence-electron chi connectivity index (χ4n) is 10.7. The van der Waals surface area contributed by atoms with Crippen LogP contribution in [-0.4, -0.2) is 86.6 Å². The van der Waals surface area contributed by atoms with E-state index in [1.54, 1.807) is 15.9 Å². The molecule has 1 saturated carbocycles. The highest BCUT2D eigenvalue weighted by atomic mass is 16.4. The van der Waals surface area contributed by atoms with Gasteiger partial charge in [0.1, 0.15) is 18.1 Å². The SMILES string of the molecule is O=C1C2CC=C3C(CC4C(=O)N(C5CCN(Cc6ccccc6)CC5)C(=O)C4C3c3ccc(CO)o3)C2C(=O)N1C1CCN(Cc2ccccc2)CC1. The third-order valence-electron chi connectivity index (χ3n) is 13.2. The molecule has 53 heavy (non-hydrogen) atoms. The van der Waals surface area contributed by atoms with Gasteiger partial charge in [-0.25, -0.2) is 0 Å². The molecule has 276 valence electrons. The molecule has 5 heterocycles. The molecule has 1 aromatic heterocycles. The molecule has 0 spiro atoms. The number of amides is 4. The third-order valence-corrected chi connectivity index (χ3v) is 13.2. The minimum Gasteiger partial charge on any atom is -0.463 e. The summed E-state index contributed by atoms with van der Waals surface area (Å²) in [6.07, 6.45) is 5.79. The van der Waals surface area contributed by atoms with E-state index in [-0.39, 0.29) is 48.2 Å². The Morgan fingerprint density at radius 2 is 1.13 bits per heavy atom. The average molecular weight is 717 g/mol. The maximum atomic E-state index is 14.5. The molecule has 2 aliphatic carbocycles. The first kappa shape index (κ1) is 34.4. The Morgan fingerprint density at radius 1 is 0.604 bits per heavy atom. The van der Waals surface area contributed by atoms with Crippen molar-refractivity contribution in [2.24, 2.45) is 29.6 Å². The van der Waals surface area contributed by atoms with Gasteiger partial charge in [-0.05, 0) is 67.7 Å². The molecule has 2 aromatic carbocycles. The lowest BCUT2D eigenvalue weighted by Gasteiger charge is -2.43. The summed E-state index contributed by atoms with van der Waals surface area (Å²) in [4.78, 5) is 65.6. The number of imide groups is 2. The van der Waals surface area contributed by atoms with Gasteiger partial charge in [-0.3, -0.25) is 38.8 Å². The summed E-state index contributed by atoms with van der Waals surface area (Å²) in [6.45, 7) is 4.62. The van der Waals surface area contributed by atoms with Crippen molar-refractivity contribution in [3.63, 3.8) is 0 Å². The van der Waals surface area contributed by atoms with E-state index in [4.69, 9.17) is 4.42 Å². The summed E-state index contributed by atoms with van der Waals surface area (Å²) in [5.41, 5.74) is 3.44. The van der Waals surface area contributed by atoms with E-state index in [1.807, 2.05) is 42.5 Å². The van der Waals surface area contributed by atoms with Crippen molar-refractivity contribution >= 4 is 23.6 Å². The monoisotopic (exact) mass is 716 g/mol. The highest BCUT2D eigenvalue weighted by Crippen LogP contribution is 2.58. The van der Waals surface area contributed by atoms with Crippen molar-refractivity contribution < 1.29 is 28.7 Å². The van der Waals surface area contributed by atoms with Crippen LogP contribution in [0.3, 0.4) is 0 Å². The normalized spacial score (nSPS) is 30.1. The van der Waals surface area contributed by atoms with Crippen LogP contribution in [0, 0.1) is 29.6 Å². The number of aliphatic hydroxyl groups excluding tert-OH is 1. The van der Waals surface area contributed by atoms with E-state index in [0.29, 0.717) is 37.2 Å². The van der Waals surface area contributed by atoms with Crippen LogP contribution in [0.1, 0.15) is 67.1 Å². The quantitative estimate of drug-likeness (QED) is 0.263. The van der Waals surface area contributed by atoms with Crippen LogP contribution in [0.4, 0.5) is 0 Å². The molecule has 9 rings (SSSR count). The van der Waals surface area contributed by atoms with E-state index in [0.717, 1.165) is 57.7 Å². The zero-order chi connectivity index (χ0) is 36.2. The van der Waals surface area contributed by atoms with Gasteiger partial charge in [0.2, 0.25) is 23.6 Å². The minimum atomic E-state index is -0.640. The summed E-state index contributed by atoms with van der Waals surface area (Å²) in [5.74, 6) is -2.72. The first-order chi connectivity index (χ1) is 25.9. The lowest BCUT2D eigenvalue weighted by molar-refractivity contribution is -0.146. The second-order valence-corrected chi connectivity index (χ2v) is 16.1. The zero-order valence-electron chi connectivity index (χ0n) is 30.1. The van der Waals surface area contributed by atoms with Crippen molar-refractivity contribution in [2.75, 3.05) is 26.2 Å². The molecule has 1 N–H and O–H groups in total. The van der Waals surface area contributed by atoms with Crippen molar-refractivity contribution in [3.05, 3.63) is 107 Å². The number of carbonyl (C=O) groups is 4. The molecule has 6 unspecified atom stereocenters. The number of hydrogen-bond acceptors (Lipinski definition) is 8. The van der Waals surface area contributed by atoms with Crippen LogP contribution >= 0.6 is 0 Å². The predicted molar refractivity (Wildman–Crippen MR) is 195 cm³/mol. The average Bonchev–Trinajstić information content (AvgIpc) is 3.84. The lowest BCUT2D eigenvalue weighted by Crippen LogP contribution is -2.48. The van der Waals surface area contributed by atoms with Gasteiger partial charge in [0.15, 0.2) is 0 Å². The topological polar surface area (TPSA) is 115 Å². The Morgan fingerprint density at radius 3 is 1.66 bits per heavy atom. The van der Waals surface area contributed by atoms with Crippen molar-refractivity contribution in [3.8, 4) is 0 Å². The van der Waals surface area contributed by atoms with Crippen LogP contribution in [0.25, 0.3) is 0 Å². The maximum Gasteiger partial charge on any atom is 0.234 e. The Kier molecular flexibility index (Phi) is 9.16. The Bertz CT molecular complexity index is 1890. The van der Waals surface area contributed by atoms with E-state index in [9.17, 15) is 24.3 Å². The number of fused-ring (bicyclic) bond motifs is 4. The summed E-state index contributed by atoms with van der Waals surface area (Å²) in [5, 5.41) is 9.89. The Balaban J connectivity index is 0.950. The fraction of sp³-hybridized carbons (Fsp3) is 0.488. The molecule has 10 nitrogen and oxygen atoms in total. The number of benzene rings is 2. The molecule has 3 aromatic rings. The molecule has 6 atom stereocenters. The molecule has 0 radical (unpaired) electrons. The van der Waals surface area contributed by atoms with Gasteiger partial charge in [0.05, 0.1) is 29.6 Å². The Hall–Kier alpha value is -4.38. The predicted octanol–water partition coefficient (Wildman–Crippen LogP) is 4.74. The van der Waals surface area contributed by atoms with Crippen molar-refractivity contribution in [1.82, 2.24) is 19.6 Å². The van der Waals surface area contributed by atoms with E-state index >= 15 is 0 Å². The Labute approximate surface area is 310 Å². The zero-order valence-corrected chi connectivity index (χ0v) is 30.1. The molecule has 5 fully saturated rings. The van der Waals surface area contributed by atoms with E-state index in [2.05, 4.69) is 40.1 Å². The molecular weight excluding hydrogens is 668 g/mol. The highest BCUT2D eigenvalue weighted by Gasteiger charge is 2.63. The number of allylic oxidation sites excluding steroid dienone is 2. The number of carbonyl (C=O) groups excluding carboxylic acids is 4. The third kappa shape index (κ3) is 6.09. The first-order valence-electron chi connectivity index (χ1n) is 19.6. The lowest BCUT2D eigenvalue weighted by atomic mass is 9.58. The van der Waals surface area contributed by atoms with Gasteiger partial charge in [-0.2, -0.15) is 0 Å². The van der Waals surface area contributed by atoms with Crippen molar-refractivity contribution in [2.45, 2.75) is 76.2 Å². The number of rotatable bonds is 8.